The third-order valence-corrected chi connectivity index (χ3v) is 2.86. The molecule has 2 aromatic rings. The van der Waals surface area contributed by atoms with Gasteiger partial charge in [-0.05, 0) is 30.5 Å². The maximum atomic E-state index is 10.8. The van der Waals surface area contributed by atoms with Crippen LogP contribution in [0.2, 0.25) is 0 Å². The molecular formula is C13H16N2O4. The first kappa shape index (κ1) is 13.4. The number of aliphatic hydroxyl groups is 1. The van der Waals surface area contributed by atoms with Crippen LogP contribution in [0.25, 0.3) is 11.1 Å². The number of aliphatic hydroxyl groups excluding tert-OH is 1. The Morgan fingerprint density at radius 1 is 1.53 bits per heavy atom. The van der Waals surface area contributed by atoms with E-state index in [1.54, 1.807) is 6.07 Å². The number of carboxylic acids is 1. The molecule has 0 aliphatic heterocycles. The molecule has 0 fully saturated rings. The predicted octanol–water partition coefficient (Wildman–Crippen LogP) is 1.96. The fraction of sp³-hybridized carbons (Fsp3) is 0.385. The summed E-state index contributed by atoms with van der Waals surface area (Å²) in [6.45, 7) is 2.80. The topological polar surface area (TPSA) is 95.6 Å². The minimum Gasteiger partial charge on any atom is -0.478 e. The van der Waals surface area contributed by atoms with Crippen LogP contribution in [0.5, 0.6) is 0 Å². The van der Waals surface area contributed by atoms with Gasteiger partial charge in [0.05, 0.1) is 5.56 Å². The van der Waals surface area contributed by atoms with E-state index >= 15 is 0 Å². The lowest BCUT2D eigenvalue weighted by Crippen LogP contribution is -2.12. The van der Waals surface area contributed by atoms with Gasteiger partial charge < -0.3 is 19.9 Å². The van der Waals surface area contributed by atoms with Crippen LogP contribution in [0.4, 0.5) is 6.01 Å². The molecular weight excluding hydrogens is 248 g/mol. The molecule has 0 saturated carbocycles. The Bertz CT molecular complexity index is 579. The quantitative estimate of drug-likeness (QED) is 0.738. The Labute approximate surface area is 110 Å². The van der Waals surface area contributed by atoms with Crippen molar-refractivity contribution in [1.29, 1.82) is 0 Å². The van der Waals surface area contributed by atoms with E-state index in [9.17, 15) is 4.79 Å². The van der Waals surface area contributed by atoms with Gasteiger partial charge >= 0.3 is 5.97 Å². The summed E-state index contributed by atoms with van der Waals surface area (Å²) >= 11 is 0. The first-order chi connectivity index (χ1) is 9.10. The average molecular weight is 264 g/mol. The maximum Gasteiger partial charge on any atom is 0.335 e. The third-order valence-electron chi connectivity index (χ3n) is 2.86. The van der Waals surface area contributed by atoms with Crippen LogP contribution >= 0.6 is 0 Å². The van der Waals surface area contributed by atoms with Crippen LogP contribution in [-0.2, 0) is 0 Å². The Morgan fingerprint density at radius 3 is 3.00 bits per heavy atom. The zero-order valence-corrected chi connectivity index (χ0v) is 10.6. The molecule has 1 aromatic carbocycles. The third kappa shape index (κ3) is 3.23. The first-order valence-corrected chi connectivity index (χ1v) is 6.08. The van der Waals surface area contributed by atoms with Gasteiger partial charge in [-0.3, -0.25) is 0 Å². The SMILES string of the molecule is CC(CCO)CNc1nc2ccc(C(=O)O)cc2o1. The number of carboxylic acid groups (broad SMARTS) is 1. The van der Waals surface area contributed by atoms with Crippen molar-refractivity contribution in [1.82, 2.24) is 4.98 Å². The zero-order chi connectivity index (χ0) is 13.8. The smallest absolute Gasteiger partial charge is 0.335 e. The van der Waals surface area contributed by atoms with Crippen LogP contribution in [0.1, 0.15) is 23.7 Å². The molecule has 1 heterocycles. The zero-order valence-electron chi connectivity index (χ0n) is 10.6. The van der Waals surface area contributed by atoms with E-state index in [0.717, 1.165) is 0 Å². The Balaban J connectivity index is 2.11. The summed E-state index contributed by atoms with van der Waals surface area (Å²) in [6.07, 6.45) is 0.705. The minimum absolute atomic E-state index is 0.151. The second kappa shape index (κ2) is 5.71. The van der Waals surface area contributed by atoms with Crippen LogP contribution in [-0.4, -0.2) is 34.3 Å². The van der Waals surface area contributed by atoms with Crippen molar-refractivity contribution in [3.05, 3.63) is 23.8 Å². The van der Waals surface area contributed by atoms with Gasteiger partial charge in [0.15, 0.2) is 5.58 Å². The Hall–Kier alpha value is -2.08. The number of benzene rings is 1. The number of aromatic carboxylic acids is 1. The summed E-state index contributed by atoms with van der Waals surface area (Å²) in [7, 11) is 0. The van der Waals surface area contributed by atoms with E-state index in [-0.39, 0.29) is 12.2 Å². The van der Waals surface area contributed by atoms with Gasteiger partial charge in [-0.15, -0.1) is 0 Å². The van der Waals surface area contributed by atoms with Gasteiger partial charge in [0.25, 0.3) is 6.01 Å². The fourth-order valence-corrected chi connectivity index (χ4v) is 1.72. The highest BCUT2D eigenvalue weighted by molar-refractivity contribution is 5.92. The van der Waals surface area contributed by atoms with Crippen molar-refractivity contribution < 1.29 is 19.4 Å². The van der Waals surface area contributed by atoms with Crippen molar-refractivity contribution in [2.45, 2.75) is 13.3 Å². The summed E-state index contributed by atoms with van der Waals surface area (Å²) in [6, 6.07) is 4.92. The number of hydrogen-bond donors (Lipinski definition) is 3. The molecule has 1 unspecified atom stereocenters. The summed E-state index contributed by atoms with van der Waals surface area (Å²) in [5, 5.41) is 20.7. The molecule has 0 aliphatic carbocycles. The van der Waals surface area contributed by atoms with Crippen LogP contribution in [0, 0.1) is 5.92 Å². The minimum atomic E-state index is -0.996. The molecule has 1 atom stereocenters. The summed E-state index contributed by atoms with van der Waals surface area (Å²) in [5.41, 5.74) is 1.23. The number of nitrogens with one attached hydrogen (secondary N) is 1. The van der Waals surface area contributed by atoms with Crippen LogP contribution in [0.3, 0.4) is 0 Å². The summed E-state index contributed by atoms with van der Waals surface area (Å²) in [5.74, 6) is -0.695. The predicted molar refractivity (Wildman–Crippen MR) is 70.3 cm³/mol. The highest BCUT2D eigenvalue weighted by Gasteiger charge is 2.10. The number of nitrogens with zero attached hydrogens (tertiary/aromatic N) is 1. The summed E-state index contributed by atoms with van der Waals surface area (Å²) < 4.78 is 5.44. The van der Waals surface area contributed by atoms with Crippen LogP contribution < -0.4 is 5.32 Å². The van der Waals surface area contributed by atoms with Crippen molar-refractivity contribution in [2.24, 2.45) is 5.92 Å². The molecule has 6 heteroatoms. The largest absolute Gasteiger partial charge is 0.478 e. The molecule has 3 N–H and O–H groups in total. The van der Waals surface area contributed by atoms with Gasteiger partial charge in [0.1, 0.15) is 5.52 Å². The van der Waals surface area contributed by atoms with Gasteiger partial charge in [0.2, 0.25) is 0 Å². The normalized spacial score (nSPS) is 12.5. The average Bonchev–Trinajstić information content (AvgIpc) is 2.78. The number of rotatable bonds is 6. The molecule has 0 radical (unpaired) electrons. The fourth-order valence-electron chi connectivity index (χ4n) is 1.72. The number of hydrogen-bond acceptors (Lipinski definition) is 5. The van der Waals surface area contributed by atoms with Gasteiger partial charge in [-0.1, -0.05) is 6.92 Å². The van der Waals surface area contributed by atoms with Gasteiger partial charge in [0, 0.05) is 13.2 Å². The van der Waals surface area contributed by atoms with E-state index in [1.165, 1.54) is 12.1 Å². The molecule has 0 saturated heterocycles. The monoisotopic (exact) mass is 264 g/mol. The number of oxazole rings is 1. The van der Waals surface area contributed by atoms with Crippen LogP contribution in [0.15, 0.2) is 22.6 Å². The number of anilines is 1. The number of carbonyl (C=O) groups is 1. The van der Waals surface area contributed by atoms with E-state index in [0.29, 0.717) is 36.0 Å². The molecule has 19 heavy (non-hydrogen) atoms. The standard InChI is InChI=1S/C13H16N2O4/c1-8(4-5-16)7-14-13-15-10-3-2-9(12(17)18)6-11(10)19-13/h2-3,6,8,16H,4-5,7H2,1H3,(H,14,15)(H,17,18). The lowest BCUT2D eigenvalue weighted by atomic mass is 10.1. The lowest BCUT2D eigenvalue weighted by Gasteiger charge is -2.08. The van der Waals surface area contributed by atoms with Gasteiger partial charge in [-0.2, -0.15) is 4.98 Å². The Kier molecular flexibility index (Phi) is 4.01. The number of aromatic nitrogens is 1. The van der Waals surface area contributed by atoms with E-state index in [1.807, 2.05) is 6.92 Å². The maximum absolute atomic E-state index is 10.8. The highest BCUT2D eigenvalue weighted by atomic mass is 16.4. The van der Waals surface area contributed by atoms with E-state index < -0.39 is 5.97 Å². The summed E-state index contributed by atoms with van der Waals surface area (Å²) in [4.78, 5) is 15.0. The molecule has 6 nitrogen and oxygen atoms in total. The molecule has 2 rings (SSSR count). The first-order valence-electron chi connectivity index (χ1n) is 6.08. The molecule has 1 aromatic heterocycles. The molecule has 0 aliphatic rings. The van der Waals surface area contributed by atoms with Crippen molar-refractivity contribution >= 4 is 23.1 Å². The number of fused-ring (bicyclic) bond motifs is 1. The second-order valence-corrected chi connectivity index (χ2v) is 4.51. The lowest BCUT2D eigenvalue weighted by molar-refractivity contribution is 0.0697. The molecule has 0 spiro atoms. The molecule has 0 bridgehead atoms. The van der Waals surface area contributed by atoms with Crippen molar-refractivity contribution in [3.63, 3.8) is 0 Å². The van der Waals surface area contributed by atoms with Crippen molar-refractivity contribution in [3.8, 4) is 0 Å². The van der Waals surface area contributed by atoms with Gasteiger partial charge in [-0.25, -0.2) is 4.79 Å². The van der Waals surface area contributed by atoms with Crippen molar-refractivity contribution in [2.75, 3.05) is 18.5 Å². The Morgan fingerprint density at radius 2 is 2.32 bits per heavy atom. The van der Waals surface area contributed by atoms with E-state index in [2.05, 4.69) is 10.3 Å². The van der Waals surface area contributed by atoms with E-state index in [4.69, 9.17) is 14.6 Å². The second-order valence-electron chi connectivity index (χ2n) is 4.51. The molecule has 102 valence electrons. The molecule has 0 amide bonds. The highest BCUT2D eigenvalue weighted by Crippen LogP contribution is 2.20.